The molecule has 1 atom stereocenters. The normalized spacial score (nSPS) is 22.6. The van der Waals surface area contributed by atoms with E-state index in [9.17, 15) is 9.59 Å². The van der Waals surface area contributed by atoms with Gasteiger partial charge in [-0.1, -0.05) is 18.2 Å². The Balaban J connectivity index is 1.53. The molecule has 0 radical (unpaired) electrons. The van der Waals surface area contributed by atoms with Crippen molar-refractivity contribution in [2.75, 3.05) is 19.7 Å². The van der Waals surface area contributed by atoms with Gasteiger partial charge in [-0.2, -0.15) is 0 Å². The summed E-state index contributed by atoms with van der Waals surface area (Å²) in [5.41, 5.74) is 0. The maximum atomic E-state index is 12.3. The molecular weight excluding hydrogens is 256 g/mol. The van der Waals surface area contributed by atoms with Gasteiger partial charge in [0, 0.05) is 0 Å². The van der Waals surface area contributed by atoms with Crippen molar-refractivity contribution in [3.63, 3.8) is 0 Å². The summed E-state index contributed by atoms with van der Waals surface area (Å²) < 4.78 is 5.58. The number of para-hydroxylation sites is 1. The summed E-state index contributed by atoms with van der Waals surface area (Å²) in [6, 6.07) is 9.16. The number of carbonyl (C=O) groups is 2. The van der Waals surface area contributed by atoms with Gasteiger partial charge >= 0.3 is 0 Å². The molecule has 1 aliphatic carbocycles. The molecule has 1 aliphatic heterocycles. The number of benzene rings is 1. The van der Waals surface area contributed by atoms with Crippen molar-refractivity contribution >= 4 is 11.8 Å². The quantitative estimate of drug-likeness (QED) is 0.864. The van der Waals surface area contributed by atoms with E-state index in [4.69, 9.17) is 4.74 Å². The Hall–Kier alpha value is -2.04. The molecule has 1 aromatic carbocycles. The SMILES string of the molecule is O=C1CN(CCOc2ccccc2)C(=O)C(C2CC2)N1. The van der Waals surface area contributed by atoms with E-state index in [-0.39, 0.29) is 24.4 Å². The summed E-state index contributed by atoms with van der Waals surface area (Å²) in [7, 11) is 0. The zero-order valence-corrected chi connectivity index (χ0v) is 11.2. The molecule has 5 heteroatoms. The van der Waals surface area contributed by atoms with Gasteiger partial charge in [-0.15, -0.1) is 0 Å². The molecule has 0 bridgehead atoms. The number of carbonyl (C=O) groups excluding carboxylic acids is 2. The van der Waals surface area contributed by atoms with Crippen LogP contribution in [0.25, 0.3) is 0 Å². The molecule has 106 valence electrons. The van der Waals surface area contributed by atoms with Gasteiger partial charge in [0.05, 0.1) is 13.1 Å². The van der Waals surface area contributed by atoms with E-state index in [1.807, 2.05) is 30.3 Å². The highest BCUT2D eigenvalue weighted by atomic mass is 16.5. The minimum Gasteiger partial charge on any atom is -0.492 e. The predicted molar refractivity (Wildman–Crippen MR) is 73.2 cm³/mol. The van der Waals surface area contributed by atoms with E-state index < -0.39 is 0 Å². The summed E-state index contributed by atoms with van der Waals surface area (Å²) >= 11 is 0. The van der Waals surface area contributed by atoms with Crippen molar-refractivity contribution in [1.29, 1.82) is 0 Å². The molecule has 1 N–H and O–H groups in total. The van der Waals surface area contributed by atoms with Crippen LogP contribution in [0.2, 0.25) is 0 Å². The summed E-state index contributed by atoms with van der Waals surface area (Å²) in [6.45, 7) is 0.991. The first-order valence-electron chi connectivity index (χ1n) is 7.00. The van der Waals surface area contributed by atoms with E-state index >= 15 is 0 Å². The summed E-state index contributed by atoms with van der Waals surface area (Å²) in [6.07, 6.45) is 2.07. The van der Waals surface area contributed by atoms with Gasteiger partial charge in [0.1, 0.15) is 18.4 Å². The third-order valence-electron chi connectivity index (χ3n) is 3.70. The Morgan fingerprint density at radius 2 is 1.95 bits per heavy atom. The fraction of sp³-hybridized carbons (Fsp3) is 0.467. The molecule has 5 nitrogen and oxygen atoms in total. The first-order valence-corrected chi connectivity index (χ1v) is 7.00. The van der Waals surface area contributed by atoms with Crippen LogP contribution in [0.4, 0.5) is 0 Å². The molecule has 1 heterocycles. The second-order valence-corrected chi connectivity index (χ2v) is 5.30. The lowest BCUT2D eigenvalue weighted by Crippen LogP contribution is -2.59. The van der Waals surface area contributed by atoms with Gasteiger partial charge in [0.15, 0.2) is 0 Å². The average molecular weight is 274 g/mol. The monoisotopic (exact) mass is 274 g/mol. The van der Waals surface area contributed by atoms with Crippen molar-refractivity contribution in [3.8, 4) is 5.75 Å². The Morgan fingerprint density at radius 1 is 1.20 bits per heavy atom. The van der Waals surface area contributed by atoms with Crippen LogP contribution < -0.4 is 10.1 Å². The minimum atomic E-state index is -0.312. The summed E-state index contributed by atoms with van der Waals surface area (Å²) in [4.78, 5) is 25.5. The maximum absolute atomic E-state index is 12.3. The van der Waals surface area contributed by atoms with Crippen LogP contribution in [-0.2, 0) is 9.59 Å². The molecule has 20 heavy (non-hydrogen) atoms. The van der Waals surface area contributed by atoms with Gasteiger partial charge in [0.2, 0.25) is 11.8 Å². The van der Waals surface area contributed by atoms with Crippen LogP contribution in [0, 0.1) is 5.92 Å². The highest BCUT2D eigenvalue weighted by Crippen LogP contribution is 2.34. The Kier molecular flexibility index (Phi) is 3.58. The van der Waals surface area contributed by atoms with Crippen molar-refractivity contribution in [1.82, 2.24) is 10.2 Å². The van der Waals surface area contributed by atoms with Gasteiger partial charge in [-0.25, -0.2) is 0 Å². The molecule has 3 rings (SSSR count). The van der Waals surface area contributed by atoms with E-state index in [1.165, 1.54) is 0 Å². The van der Waals surface area contributed by atoms with E-state index in [2.05, 4.69) is 5.32 Å². The van der Waals surface area contributed by atoms with Crippen molar-refractivity contribution in [3.05, 3.63) is 30.3 Å². The van der Waals surface area contributed by atoms with Crippen LogP contribution in [-0.4, -0.2) is 42.5 Å². The number of nitrogens with zero attached hydrogens (tertiary/aromatic N) is 1. The smallest absolute Gasteiger partial charge is 0.246 e. The summed E-state index contributed by atoms with van der Waals surface area (Å²) in [5, 5.41) is 2.80. The Morgan fingerprint density at radius 3 is 2.65 bits per heavy atom. The third kappa shape index (κ3) is 2.92. The first-order chi connectivity index (χ1) is 9.74. The molecule has 1 unspecified atom stereocenters. The number of hydrogen-bond donors (Lipinski definition) is 1. The van der Waals surface area contributed by atoms with Crippen molar-refractivity contribution in [2.24, 2.45) is 5.92 Å². The minimum absolute atomic E-state index is 0.0313. The lowest BCUT2D eigenvalue weighted by molar-refractivity contribution is -0.145. The number of nitrogens with one attached hydrogen (secondary N) is 1. The second-order valence-electron chi connectivity index (χ2n) is 5.30. The van der Waals surface area contributed by atoms with Crippen LogP contribution in [0.15, 0.2) is 30.3 Å². The second kappa shape index (κ2) is 5.53. The molecular formula is C15H18N2O3. The standard InChI is InChI=1S/C15H18N2O3/c18-13-10-17(15(19)14(16-13)11-6-7-11)8-9-20-12-4-2-1-3-5-12/h1-5,11,14H,6-10H2,(H,16,18). The van der Waals surface area contributed by atoms with Crippen LogP contribution >= 0.6 is 0 Å². The summed E-state index contributed by atoms with van der Waals surface area (Å²) in [5.74, 6) is 1.08. The van der Waals surface area contributed by atoms with Crippen LogP contribution in [0.3, 0.4) is 0 Å². The highest BCUT2D eigenvalue weighted by molar-refractivity contribution is 5.95. The Bertz CT molecular complexity index is 499. The first kappa shape index (κ1) is 13.0. The van der Waals surface area contributed by atoms with E-state index in [1.54, 1.807) is 4.90 Å². The molecule has 2 fully saturated rings. The largest absolute Gasteiger partial charge is 0.492 e. The fourth-order valence-corrected chi connectivity index (χ4v) is 2.46. The highest BCUT2D eigenvalue weighted by Gasteiger charge is 2.42. The van der Waals surface area contributed by atoms with Crippen molar-refractivity contribution in [2.45, 2.75) is 18.9 Å². The topological polar surface area (TPSA) is 58.6 Å². The van der Waals surface area contributed by atoms with Crippen LogP contribution in [0.5, 0.6) is 5.75 Å². The van der Waals surface area contributed by atoms with E-state index in [0.29, 0.717) is 19.1 Å². The molecule has 2 amide bonds. The molecule has 1 saturated carbocycles. The van der Waals surface area contributed by atoms with Gasteiger partial charge in [0.25, 0.3) is 0 Å². The van der Waals surface area contributed by atoms with Gasteiger partial charge < -0.3 is 15.0 Å². The van der Waals surface area contributed by atoms with E-state index in [0.717, 1.165) is 18.6 Å². The average Bonchev–Trinajstić information content (AvgIpc) is 3.28. The van der Waals surface area contributed by atoms with Crippen molar-refractivity contribution < 1.29 is 14.3 Å². The predicted octanol–water partition coefficient (Wildman–Crippen LogP) is 0.802. The zero-order chi connectivity index (χ0) is 13.9. The lowest BCUT2D eigenvalue weighted by Gasteiger charge is -2.32. The van der Waals surface area contributed by atoms with Gasteiger partial charge in [-0.3, -0.25) is 9.59 Å². The lowest BCUT2D eigenvalue weighted by atomic mass is 10.1. The number of amides is 2. The molecule has 1 aromatic rings. The molecule has 2 aliphatic rings. The van der Waals surface area contributed by atoms with Gasteiger partial charge in [-0.05, 0) is 30.9 Å². The fourth-order valence-electron chi connectivity index (χ4n) is 2.46. The Labute approximate surface area is 117 Å². The van der Waals surface area contributed by atoms with Crippen LogP contribution in [0.1, 0.15) is 12.8 Å². The number of piperazine rings is 1. The number of ether oxygens (including phenoxy) is 1. The molecule has 1 saturated heterocycles. The molecule has 0 spiro atoms. The zero-order valence-electron chi connectivity index (χ0n) is 11.2. The molecule has 0 aromatic heterocycles. The number of hydrogen-bond acceptors (Lipinski definition) is 3. The maximum Gasteiger partial charge on any atom is 0.246 e. The third-order valence-corrected chi connectivity index (χ3v) is 3.70. The number of rotatable bonds is 5.